The molecular weight excluding hydrogens is 394 g/mol. The number of benzene rings is 2. The Morgan fingerprint density at radius 1 is 1.00 bits per heavy atom. The zero-order valence-corrected chi connectivity index (χ0v) is 18.7. The summed E-state index contributed by atoms with van der Waals surface area (Å²) in [4.78, 5) is 19.5. The van der Waals surface area contributed by atoms with Crippen molar-refractivity contribution >= 4 is 22.8 Å². The van der Waals surface area contributed by atoms with Crippen LogP contribution in [0.4, 0.5) is 0 Å². The fourth-order valence-corrected chi connectivity index (χ4v) is 3.64. The maximum absolute atomic E-state index is 12.1. The first-order valence-electron chi connectivity index (χ1n) is 10.0. The second kappa shape index (κ2) is 10.2. The molecule has 0 aliphatic heterocycles. The third kappa shape index (κ3) is 6.04. The van der Waals surface area contributed by atoms with Crippen LogP contribution in [-0.2, 0) is 11.4 Å². The van der Waals surface area contributed by atoms with E-state index in [0.717, 1.165) is 26.6 Å². The molecule has 0 saturated carbocycles. The fourth-order valence-electron chi connectivity index (χ4n) is 2.85. The van der Waals surface area contributed by atoms with Crippen LogP contribution >= 0.6 is 11.3 Å². The van der Waals surface area contributed by atoms with Gasteiger partial charge in [0.1, 0.15) is 12.4 Å². The summed E-state index contributed by atoms with van der Waals surface area (Å²) in [6.07, 6.45) is 0. The molecule has 0 radical (unpaired) electrons. The lowest BCUT2D eigenvalue weighted by Gasteiger charge is -2.07. The number of rotatable bonds is 9. The molecule has 0 spiro atoms. The zero-order valence-electron chi connectivity index (χ0n) is 17.8. The van der Waals surface area contributed by atoms with Crippen molar-refractivity contribution in [1.29, 1.82) is 0 Å². The second-order valence-corrected chi connectivity index (χ2v) is 8.78. The Morgan fingerprint density at radius 3 is 2.30 bits per heavy atom. The smallest absolute Gasteiger partial charge is 0.210 e. The maximum Gasteiger partial charge on any atom is 0.210 e. The average Bonchev–Trinajstić information content (AvgIpc) is 3.19. The quantitative estimate of drug-likeness (QED) is 0.229. The number of carbonyl (C=O) groups is 1. The summed E-state index contributed by atoms with van der Waals surface area (Å²) in [5.41, 5.74) is 4.13. The molecular formula is C25H27NO3S. The van der Waals surface area contributed by atoms with Gasteiger partial charge >= 0.3 is 0 Å². The number of oxime groups is 1. The van der Waals surface area contributed by atoms with E-state index >= 15 is 0 Å². The molecule has 4 nitrogen and oxygen atoms in total. The Balaban J connectivity index is 1.50. The highest BCUT2D eigenvalue weighted by Crippen LogP contribution is 2.18. The Kier molecular flexibility index (Phi) is 7.41. The van der Waals surface area contributed by atoms with Crippen LogP contribution < -0.4 is 4.74 Å². The Morgan fingerprint density at radius 2 is 1.70 bits per heavy atom. The lowest BCUT2D eigenvalue weighted by molar-refractivity contribution is 0.0925. The molecule has 0 fully saturated rings. The predicted molar refractivity (Wildman–Crippen MR) is 123 cm³/mol. The first-order chi connectivity index (χ1) is 14.4. The summed E-state index contributed by atoms with van der Waals surface area (Å²) in [5.74, 6) is 1.16. The van der Waals surface area contributed by atoms with Crippen molar-refractivity contribution in [1.82, 2.24) is 0 Å². The third-order valence-corrected chi connectivity index (χ3v) is 5.78. The van der Waals surface area contributed by atoms with Gasteiger partial charge in [0, 0.05) is 4.88 Å². The predicted octanol–water partition coefficient (Wildman–Crippen LogP) is 6.38. The molecule has 30 heavy (non-hydrogen) atoms. The Labute approximate surface area is 182 Å². The summed E-state index contributed by atoms with van der Waals surface area (Å²) in [6, 6.07) is 19.7. The monoisotopic (exact) mass is 421 g/mol. The van der Waals surface area contributed by atoms with Gasteiger partial charge in [-0.2, -0.15) is 0 Å². The number of nitrogens with zero attached hydrogens (tertiary/aromatic N) is 1. The normalized spacial score (nSPS) is 11.6. The van der Waals surface area contributed by atoms with Crippen LogP contribution in [0, 0.1) is 6.92 Å². The number of aryl methyl sites for hydroxylation is 1. The number of hydrogen-bond donors (Lipinski definition) is 0. The Bertz CT molecular complexity index is 1000. The van der Waals surface area contributed by atoms with E-state index in [2.05, 4.69) is 43.3 Å². The van der Waals surface area contributed by atoms with Gasteiger partial charge in [-0.1, -0.05) is 43.3 Å². The van der Waals surface area contributed by atoms with Gasteiger partial charge in [0.2, 0.25) is 5.78 Å². The van der Waals surface area contributed by atoms with Crippen LogP contribution in [0.1, 0.15) is 57.9 Å². The summed E-state index contributed by atoms with van der Waals surface area (Å²) in [7, 11) is 0. The summed E-state index contributed by atoms with van der Waals surface area (Å²) >= 11 is 1.49. The van der Waals surface area contributed by atoms with Gasteiger partial charge in [0.05, 0.1) is 10.6 Å². The number of hydrogen-bond acceptors (Lipinski definition) is 5. The van der Waals surface area contributed by atoms with E-state index in [9.17, 15) is 4.79 Å². The molecule has 156 valence electrons. The summed E-state index contributed by atoms with van der Waals surface area (Å²) in [5, 5.41) is 4.22. The lowest BCUT2D eigenvalue weighted by Crippen LogP contribution is -2.10. The minimum Gasteiger partial charge on any atom is -0.485 e. The molecule has 0 aliphatic rings. The van der Waals surface area contributed by atoms with Gasteiger partial charge < -0.3 is 9.57 Å². The van der Waals surface area contributed by atoms with Crippen LogP contribution in [0.15, 0.2) is 65.8 Å². The van der Waals surface area contributed by atoms with Crippen LogP contribution in [0.5, 0.6) is 5.75 Å². The number of ketones is 1. The van der Waals surface area contributed by atoms with Gasteiger partial charge in [-0.3, -0.25) is 4.79 Å². The minimum absolute atomic E-state index is 0.00949. The lowest BCUT2D eigenvalue weighted by atomic mass is 10.0. The van der Waals surface area contributed by atoms with Crippen molar-refractivity contribution in [2.24, 2.45) is 5.16 Å². The van der Waals surface area contributed by atoms with Crippen molar-refractivity contribution in [2.45, 2.75) is 40.2 Å². The van der Waals surface area contributed by atoms with Crippen molar-refractivity contribution in [2.75, 3.05) is 6.61 Å². The van der Waals surface area contributed by atoms with Crippen molar-refractivity contribution in [3.05, 3.63) is 87.1 Å². The van der Waals surface area contributed by atoms with E-state index in [-0.39, 0.29) is 12.4 Å². The van der Waals surface area contributed by atoms with Crippen LogP contribution in [-0.4, -0.2) is 18.1 Å². The fraction of sp³-hybridized carbons (Fsp3) is 0.280. The zero-order chi connectivity index (χ0) is 21.5. The van der Waals surface area contributed by atoms with Gasteiger partial charge in [-0.05, 0) is 72.9 Å². The van der Waals surface area contributed by atoms with Gasteiger partial charge in [0.15, 0.2) is 6.61 Å². The topological polar surface area (TPSA) is 47.9 Å². The molecule has 0 N–H and O–H groups in total. The standard InChI is InChI=1S/C25H27NO3S/c1-17(2)21-8-6-20(7-9-21)15-29-26-19(4)22-10-12-23(13-11-22)28-16-24(27)25-14-5-18(3)30-25/h5-14,17H,15-16H2,1-4H3/b26-19+. The first-order valence-corrected chi connectivity index (χ1v) is 10.8. The molecule has 0 atom stereocenters. The van der Waals surface area contributed by atoms with E-state index in [4.69, 9.17) is 9.57 Å². The van der Waals surface area contributed by atoms with E-state index in [1.54, 1.807) is 0 Å². The maximum atomic E-state index is 12.1. The molecule has 0 aliphatic carbocycles. The molecule has 2 aromatic carbocycles. The Hall–Kier alpha value is -2.92. The van der Waals surface area contributed by atoms with Crippen LogP contribution in [0.3, 0.4) is 0 Å². The molecule has 5 heteroatoms. The molecule has 3 aromatic rings. The average molecular weight is 422 g/mol. The molecule has 0 bridgehead atoms. The molecule has 0 unspecified atom stereocenters. The second-order valence-electron chi connectivity index (χ2n) is 7.49. The van der Waals surface area contributed by atoms with Gasteiger partial charge in [-0.25, -0.2) is 0 Å². The van der Waals surface area contributed by atoms with Crippen molar-refractivity contribution in [3.8, 4) is 5.75 Å². The third-order valence-electron chi connectivity index (χ3n) is 4.74. The van der Waals surface area contributed by atoms with E-state index < -0.39 is 0 Å². The highest BCUT2D eigenvalue weighted by Gasteiger charge is 2.09. The summed E-state index contributed by atoms with van der Waals surface area (Å²) in [6.45, 7) is 8.71. The molecule has 1 aromatic heterocycles. The van der Waals surface area contributed by atoms with E-state index in [1.165, 1.54) is 16.9 Å². The van der Waals surface area contributed by atoms with Crippen molar-refractivity contribution < 1.29 is 14.4 Å². The van der Waals surface area contributed by atoms with E-state index in [0.29, 0.717) is 18.3 Å². The van der Waals surface area contributed by atoms with Gasteiger partial charge in [-0.15, -0.1) is 11.3 Å². The van der Waals surface area contributed by atoms with Gasteiger partial charge in [0.25, 0.3) is 0 Å². The highest BCUT2D eigenvalue weighted by molar-refractivity contribution is 7.14. The highest BCUT2D eigenvalue weighted by atomic mass is 32.1. The molecule has 0 amide bonds. The largest absolute Gasteiger partial charge is 0.485 e. The molecule has 3 rings (SSSR count). The number of carbonyl (C=O) groups excluding carboxylic acids is 1. The SMILES string of the molecule is C/C(=N\OCc1ccc(C(C)C)cc1)c1ccc(OCC(=O)c2ccc(C)s2)cc1. The van der Waals surface area contributed by atoms with Crippen LogP contribution in [0.25, 0.3) is 0 Å². The van der Waals surface area contributed by atoms with E-state index in [1.807, 2.05) is 50.2 Å². The molecule has 1 heterocycles. The number of Topliss-reactive ketones (excluding diaryl/α,β-unsaturated/α-hetero) is 1. The summed E-state index contributed by atoms with van der Waals surface area (Å²) < 4.78 is 5.62. The number of ether oxygens (including phenoxy) is 1. The van der Waals surface area contributed by atoms with Crippen molar-refractivity contribution in [3.63, 3.8) is 0 Å². The first kappa shape index (κ1) is 21.8. The molecule has 0 saturated heterocycles. The van der Waals surface area contributed by atoms with Crippen LogP contribution in [0.2, 0.25) is 0 Å². The minimum atomic E-state index is -0.00949. The number of thiophene rings is 1.